The van der Waals surface area contributed by atoms with Crippen LogP contribution in [0.5, 0.6) is 11.5 Å². The van der Waals surface area contributed by atoms with Crippen molar-refractivity contribution >= 4 is 33.2 Å². The molecule has 1 heterocycles. The van der Waals surface area contributed by atoms with Gasteiger partial charge >= 0.3 is 6.61 Å². The molecule has 0 saturated carbocycles. The summed E-state index contributed by atoms with van der Waals surface area (Å²) in [5.41, 5.74) is 1.44. The van der Waals surface area contributed by atoms with E-state index in [9.17, 15) is 22.0 Å². The van der Waals surface area contributed by atoms with Crippen molar-refractivity contribution in [3.63, 3.8) is 0 Å². The second-order valence-electron chi connectivity index (χ2n) is 6.70. The Labute approximate surface area is 177 Å². The van der Waals surface area contributed by atoms with Crippen molar-refractivity contribution in [1.82, 2.24) is 0 Å². The first-order valence-electron chi connectivity index (χ1n) is 9.11. The molecule has 162 valence electrons. The van der Waals surface area contributed by atoms with Crippen LogP contribution in [0, 0.1) is 0 Å². The molecule has 6 nitrogen and oxygen atoms in total. The molecule has 1 fully saturated rings. The van der Waals surface area contributed by atoms with E-state index in [-0.39, 0.29) is 34.2 Å². The topological polar surface area (TPSA) is 81.7 Å². The van der Waals surface area contributed by atoms with Crippen LogP contribution in [0.4, 0.5) is 14.5 Å². The van der Waals surface area contributed by atoms with Gasteiger partial charge in [-0.25, -0.2) is 8.42 Å². The minimum absolute atomic E-state index is 0.0151. The minimum atomic E-state index is -2.99. The molecule has 1 amide bonds. The highest BCUT2D eigenvalue weighted by Crippen LogP contribution is 2.35. The summed E-state index contributed by atoms with van der Waals surface area (Å²) in [6.45, 7) is -2.98. The van der Waals surface area contributed by atoms with E-state index in [0.29, 0.717) is 29.0 Å². The van der Waals surface area contributed by atoms with Crippen LogP contribution in [0.2, 0.25) is 0 Å². The number of halogens is 2. The number of anilines is 1. The molecule has 30 heavy (non-hydrogen) atoms. The van der Waals surface area contributed by atoms with Crippen molar-refractivity contribution in [3.8, 4) is 22.6 Å². The summed E-state index contributed by atoms with van der Waals surface area (Å²) in [6.07, 6.45) is 0.543. The van der Waals surface area contributed by atoms with E-state index in [2.05, 4.69) is 10.1 Å². The predicted octanol–water partition coefficient (Wildman–Crippen LogP) is 3.82. The van der Waals surface area contributed by atoms with E-state index in [0.717, 1.165) is 0 Å². The normalized spacial score (nSPS) is 17.7. The molecule has 0 bridgehead atoms. The van der Waals surface area contributed by atoms with Crippen LogP contribution in [-0.2, 0) is 14.6 Å². The number of benzene rings is 2. The van der Waals surface area contributed by atoms with Crippen molar-refractivity contribution in [2.24, 2.45) is 0 Å². The van der Waals surface area contributed by atoms with Crippen LogP contribution in [0.15, 0.2) is 42.5 Å². The van der Waals surface area contributed by atoms with Crippen LogP contribution in [-0.4, -0.2) is 50.6 Å². The monoisotopic (exact) mass is 457 g/mol. The van der Waals surface area contributed by atoms with Gasteiger partial charge in [-0.15, -0.1) is 11.8 Å². The summed E-state index contributed by atoms with van der Waals surface area (Å²) in [5, 5.41) is 2.64. The molecular weight excluding hydrogens is 436 g/mol. The first kappa shape index (κ1) is 22.4. The third kappa shape index (κ3) is 6.09. The summed E-state index contributed by atoms with van der Waals surface area (Å²) in [4.78, 5) is 12.3. The van der Waals surface area contributed by atoms with Gasteiger partial charge in [-0.2, -0.15) is 8.78 Å². The number of hydrogen-bond acceptors (Lipinski definition) is 6. The Bertz CT molecular complexity index is 997. The zero-order valence-electron chi connectivity index (χ0n) is 16.1. The second-order valence-corrected chi connectivity index (χ2v) is 10.2. The van der Waals surface area contributed by atoms with Crippen molar-refractivity contribution in [1.29, 1.82) is 0 Å². The van der Waals surface area contributed by atoms with E-state index in [1.807, 2.05) is 0 Å². The van der Waals surface area contributed by atoms with E-state index < -0.39 is 16.4 Å². The number of thioether (sulfide) groups is 1. The summed E-state index contributed by atoms with van der Waals surface area (Å²) in [6, 6.07) is 11.2. The van der Waals surface area contributed by atoms with E-state index >= 15 is 0 Å². The molecule has 2 aromatic carbocycles. The van der Waals surface area contributed by atoms with Gasteiger partial charge in [0.05, 0.1) is 24.4 Å². The molecule has 0 spiro atoms. The molecule has 3 rings (SSSR count). The van der Waals surface area contributed by atoms with Gasteiger partial charge < -0.3 is 14.8 Å². The average Bonchev–Trinajstić information content (AvgIpc) is 3.06. The molecular formula is C20H21F2NO5S2. The maximum Gasteiger partial charge on any atom is 0.387 e. The standard InChI is InChI=1S/C20H21F2NO5S2/c1-27-15-5-2-13(3-6-15)17-10-14(4-7-18(17)28-20(21)22)23-19(24)11-29-16-8-9-30(25,26)12-16/h2-7,10,16,20H,8-9,11-12H2,1H3,(H,23,24)/t16-/m0/s1. The summed E-state index contributed by atoms with van der Waals surface area (Å²) in [7, 11) is -1.47. The maximum atomic E-state index is 12.8. The smallest absolute Gasteiger partial charge is 0.387 e. The lowest BCUT2D eigenvalue weighted by molar-refractivity contribution is -0.113. The van der Waals surface area contributed by atoms with Crippen molar-refractivity contribution in [3.05, 3.63) is 42.5 Å². The zero-order chi connectivity index (χ0) is 21.7. The molecule has 10 heteroatoms. The number of rotatable bonds is 8. The summed E-state index contributed by atoms with van der Waals surface area (Å²) >= 11 is 1.30. The molecule has 0 radical (unpaired) electrons. The highest BCUT2D eigenvalue weighted by atomic mass is 32.2. The van der Waals surface area contributed by atoms with Gasteiger partial charge in [0.15, 0.2) is 9.84 Å². The van der Waals surface area contributed by atoms with Crippen LogP contribution in [0.3, 0.4) is 0 Å². The van der Waals surface area contributed by atoms with Crippen molar-refractivity contribution in [2.45, 2.75) is 18.3 Å². The third-order valence-electron chi connectivity index (χ3n) is 4.52. The number of ether oxygens (including phenoxy) is 2. The number of amides is 1. The average molecular weight is 458 g/mol. The van der Waals surface area contributed by atoms with E-state index in [1.54, 1.807) is 30.3 Å². The van der Waals surface area contributed by atoms with E-state index in [1.165, 1.54) is 31.0 Å². The third-order valence-corrected chi connectivity index (χ3v) is 7.80. The number of alkyl halides is 2. The van der Waals surface area contributed by atoms with Gasteiger partial charge in [-0.1, -0.05) is 12.1 Å². The Morgan fingerprint density at radius 2 is 1.97 bits per heavy atom. The first-order chi connectivity index (χ1) is 14.3. The van der Waals surface area contributed by atoms with Crippen molar-refractivity contribution < 1.29 is 31.5 Å². The maximum absolute atomic E-state index is 12.8. The summed E-state index contributed by atoms with van der Waals surface area (Å²) < 4.78 is 58.3. The number of nitrogens with one attached hydrogen (secondary N) is 1. The Kier molecular flexibility index (Phi) is 7.19. The lowest BCUT2D eigenvalue weighted by Gasteiger charge is -2.14. The number of methoxy groups -OCH3 is 1. The van der Waals surface area contributed by atoms with Crippen LogP contribution < -0.4 is 14.8 Å². The fourth-order valence-corrected chi connectivity index (χ4v) is 6.53. The Balaban J connectivity index is 1.72. The Morgan fingerprint density at radius 3 is 2.57 bits per heavy atom. The van der Waals surface area contributed by atoms with Crippen molar-refractivity contribution in [2.75, 3.05) is 29.7 Å². The number of sulfone groups is 1. The van der Waals surface area contributed by atoms with Gasteiger partial charge in [-0.3, -0.25) is 4.79 Å². The van der Waals surface area contributed by atoms with Gasteiger partial charge in [0, 0.05) is 16.5 Å². The quantitative estimate of drug-likeness (QED) is 0.649. The molecule has 1 N–H and O–H groups in total. The fourth-order valence-electron chi connectivity index (χ4n) is 3.09. The highest BCUT2D eigenvalue weighted by molar-refractivity contribution is 8.02. The molecule has 1 saturated heterocycles. The van der Waals surface area contributed by atoms with E-state index in [4.69, 9.17) is 4.74 Å². The van der Waals surface area contributed by atoms with Gasteiger partial charge in [0.2, 0.25) is 5.91 Å². The molecule has 0 unspecified atom stereocenters. The molecule has 0 aliphatic carbocycles. The molecule has 0 aromatic heterocycles. The first-order valence-corrected chi connectivity index (χ1v) is 12.0. The summed E-state index contributed by atoms with van der Waals surface area (Å²) in [5.74, 6) is 0.652. The lowest BCUT2D eigenvalue weighted by Crippen LogP contribution is -2.17. The predicted molar refractivity (Wildman–Crippen MR) is 113 cm³/mol. The number of carbonyl (C=O) groups is 1. The lowest BCUT2D eigenvalue weighted by atomic mass is 10.0. The largest absolute Gasteiger partial charge is 0.497 e. The second kappa shape index (κ2) is 9.65. The van der Waals surface area contributed by atoms with Crippen LogP contribution >= 0.6 is 11.8 Å². The van der Waals surface area contributed by atoms with Crippen LogP contribution in [0.25, 0.3) is 11.1 Å². The van der Waals surface area contributed by atoms with Gasteiger partial charge in [0.25, 0.3) is 0 Å². The van der Waals surface area contributed by atoms with Crippen LogP contribution in [0.1, 0.15) is 6.42 Å². The zero-order valence-corrected chi connectivity index (χ0v) is 17.8. The highest BCUT2D eigenvalue weighted by Gasteiger charge is 2.28. The fraction of sp³-hybridized carbons (Fsp3) is 0.350. The number of hydrogen-bond donors (Lipinski definition) is 1. The Morgan fingerprint density at radius 1 is 1.23 bits per heavy atom. The molecule has 2 aromatic rings. The number of carbonyl (C=O) groups excluding carboxylic acids is 1. The Hall–Kier alpha value is -2.33. The molecule has 1 aliphatic rings. The minimum Gasteiger partial charge on any atom is -0.497 e. The molecule has 1 aliphatic heterocycles. The van der Waals surface area contributed by atoms with Gasteiger partial charge in [0.1, 0.15) is 11.5 Å². The molecule has 1 atom stereocenters. The SMILES string of the molecule is COc1ccc(-c2cc(NC(=O)CS[C@H]3CCS(=O)(=O)C3)ccc2OC(F)F)cc1. The van der Waals surface area contributed by atoms with Gasteiger partial charge in [-0.05, 0) is 42.3 Å².